The molecule has 0 aliphatic rings. The van der Waals surface area contributed by atoms with E-state index in [2.05, 4.69) is 20.3 Å². The Labute approximate surface area is 120 Å². The molecule has 2 heterocycles. The second-order valence-corrected chi connectivity index (χ2v) is 4.79. The van der Waals surface area contributed by atoms with Crippen LogP contribution in [0.1, 0.15) is 16.7 Å². The summed E-state index contributed by atoms with van der Waals surface area (Å²) in [7, 11) is 0. The smallest absolute Gasteiger partial charge is 0.173 e. The zero-order valence-corrected chi connectivity index (χ0v) is 11.6. The van der Waals surface area contributed by atoms with Crippen molar-refractivity contribution in [3.8, 4) is 5.82 Å². The van der Waals surface area contributed by atoms with Gasteiger partial charge in [0.15, 0.2) is 11.7 Å². The van der Waals surface area contributed by atoms with Gasteiger partial charge in [0.2, 0.25) is 0 Å². The molecule has 0 saturated carbocycles. The number of imidazole rings is 1. The third-order valence-electron chi connectivity index (χ3n) is 3.48. The molecule has 3 rings (SSSR count). The summed E-state index contributed by atoms with van der Waals surface area (Å²) in [6, 6.07) is 5.69. The van der Waals surface area contributed by atoms with Crippen molar-refractivity contribution >= 4 is 16.9 Å². The van der Waals surface area contributed by atoms with Gasteiger partial charge in [-0.1, -0.05) is 5.16 Å². The Morgan fingerprint density at radius 2 is 2.05 bits per heavy atom. The lowest BCUT2D eigenvalue weighted by Gasteiger charge is -2.08. The first kappa shape index (κ1) is 13.0. The van der Waals surface area contributed by atoms with Crippen molar-refractivity contribution in [1.29, 1.82) is 0 Å². The lowest BCUT2D eigenvalue weighted by molar-refractivity contribution is 0.318. The van der Waals surface area contributed by atoms with Crippen LogP contribution in [0.15, 0.2) is 35.9 Å². The van der Waals surface area contributed by atoms with E-state index < -0.39 is 0 Å². The molecule has 21 heavy (non-hydrogen) atoms. The van der Waals surface area contributed by atoms with Crippen molar-refractivity contribution in [3.63, 3.8) is 0 Å². The highest BCUT2D eigenvalue weighted by atomic mass is 16.4. The van der Waals surface area contributed by atoms with Gasteiger partial charge in [0.05, 0.1) is 22.8 Å². The van der Waals surface area contributed by atoms with E-state index in [9.17, 15) is 0 Å². The van der Waals surface area contributed by atoms with E-state index in [1.165, 1.54) is 11.8 Å². The van der Waals surface area contributed by atoms with Crippen LogP contribution in [-0.4, -0.2) is 30.8 Å². The van der Waals surface area contributed by atoms with Crippen molar-refractivity contribution in [1.82, 2.24) is 19.7 Å². The molecular formula is C14H14N6O. The maximum Gasteiger partial charge on any atom is 0.173 e. The fourth-order valence-electron chi connectivity index (χ4n) is 2.19. The molecule has 1 aromatic carbocycles. The van der Waals surface area contributed by atoms with Crippen LogP contribution >= 0.6 is 0 Å². The van der Waals surface area contributed by atoms with E-state index in [0.717, 1.165) is 16.6 Å². The number of hydrogen-bond donors (Lipinski definition) is 2. The first-order chi connectivity index (χ1) is 10.1. The van der Waals surface area contributed by atoms with Crippen LogP contribution in [0.3, 0.4) is 0 Å². The van der Waals surface area contributed by atoms with Gasteiger partial charge in [0.1, 0.15) is 6.33 Å². The molecule has 0 unspecified atom stereocenters. The van der Waals surface area contributed by atoms with Gasteiger partial charge in [-0.2, -0.15) is 5.10 Å². The lowest BCUT2D eigenvalue weighted by Crippen LogP contribution is -2.17. The van der Waals surface area contributed by atoms with Crippen molar-refractivity contribution < 1.29 is 5.21 Å². The molecule has 7 heteroatoms. The highest BCUT2D eigenvalue weighted by Gasteiger charge is 2.14. The first-order valence-corrected chi connectivity index (χ1v) is 6.36. The molecule has 7 nitrogen and oxygen atoms in total. The minimum atomic E-state index is -0.0226. The summed E-state index contributed by atoms with van der Waals surface area (Å²) in [6.45, 7) is 4.07. The van der Waals surface area contributed by atoms with Crippen LogP contribution < -0.4 is 5.73 Å². The number of nitrogens with zero attached hydrogens (tertiary/aromatic N) is 5. The van der Waals surface area contributed by atoms with Gasteiger partial charge in [-0.25, -0.2) is 4.98 Å². The summed E-state index contributed by atoms with van der Waals surface area (Å²) in [4.78, 5) is 4.38. The quantitative estimate of drug-likeness (QED) is 0.321. The summed E-state index contributed by atoms with van der Waals surface area (Å²) in [6.07, 6.45) is 3.15. The second-order valence-electron chi connectivity index (χ2n) is 4.79. The Morgan fingerprint density at radius 3 is 2.81 bits per heavy atom. The third kappa shape index (κ3) is 2.08. The highest BCUT2D eigenvalue weighted by Crippen LogP contribution is 2.22. The molecule has 3 N–H and O–H groups in total. The van der Waals surface area contributed by atoms with Crippen LogP contribution in [-0.2, 0) is 0 Å². The zero-order valence-electron chi connectivity index (χ0n) is 11.6. The zero-order chi connectivity index (χ0) is 15.0. The topological polar surface area (TPSA) is 102 Å². The number of rotatable bonds is 2. The molecular weight excluding hydrogens is 268 g/mol. The summed E-state index contributed by atoms with van der Waals surface area (Å²) >= 11 is 0. The van der Waals surface area contributed by atoms with Crippen molar-refractivity contribution in [2.24, 2.45) is 10.9 Å². The molecule has 0 radical (unpaired) electrons. The summed E-state index contributed by atoms with van der Waals surface area (Å²) < 4.78 is 1.78. The van der Waals surface area contributed by atoms with E-state index in [4.69, 9.17) is 10.9 Å². The molecule has 0 amide bonds. The first-order valence-electron chi connectivity index (χ1n) is 6.36. The molecule has 106 valence electrons. The fourth-order valence-corrected chi connectivity index (χ4v) is 2.19. The van der Waals surface area contributed by atoms with Crippen molar-refractivity contribution in [2.45, 2.75) is 13.8 Å². The van der Waals surface area contributed by atoms with E-state index in [1.54, 1.807) is 17.0 Å². The summed E-state index contributed by atoms with van der Waals surface area (Å²) in [5.74, 6) is 0.448. The maximum atomic E-state index is 8.89. The van der Waals surface area contributed by atoms with Gasteiger partial charge < -0.3 is 10.9 Å². The number of nitrogens with two attached hydrogens (primary N) is 1. The molecule has 3 aromatic rings. The Balaban J connectivity index is 2.29. The monoisotopic (exact) mass is 282 g/mol. The Morgan fingerprint density at radius 1 is 1.29 bits per heavy atom. The highest BCUT2D eigenvalue weighted by molar-refractivity contribution is 6.00. The normalized spacial score (nSPS) is 12.0. The van der Waals surface area contributed by atoms with Gasteiger partial charge in [0.25, 0.3) is 0 Å². The van der Waals surface area contributed by atoms with Gasteiger partial charge >= 0.3 is 0 Å². The van der Waals surface area contributed by atoms with Crippen LogP contribution in [0.2, 0.25) is 0 Å². The van der Waals surface area contributed by atoms with Crippen molar-refractivity contribution in [3.05, 3.63) is 47.4 Å². The minimum Gasteiger partial charge on any atom is -0.409 e. The summed E-state index contributed by atoms with van der Waals surface area (Å²) in [5, 5.41) is 19.9. The number of aromatic nitrogens is 4. The number of hydrogen-bond acceptors (Lipinski definition) is 5. The summed E-state index contributed by atoms with van der Waals surface area (Å²) in [5.41, 5.74) is 10.3. The molecule has 2 aromatic heterocycles. The molecule has 0 atom stereocenters. The average Bonchev–Trinajstić information content (AvgIpc) is 2.89. The Kier molecular flexibility index (Phi) is 3.02. The SMILES string of the molecule is Cc1cc2ncn(-c3nnccc3/C(N)=N/O)c2cc1C. The number of fused-ring (bicyclic) bond motifs is 1. The van der Waals surface area contributed by atoms with Crippen LogP contribution in [0, 0.1) is 13.8 Å². The average molecular weight is 282 g/mol. The van der Waals surface area contributed by atoms with Gasteiger partial charge in [-0.3, -0.25) is 4.57 Å². The van der Waals surface area contributed by atoms with Crippen LogP contribution in [0.5, 0.6) is 0 Å². The molecule has 0 aliphatic carbocycles. The van der Waals surface area contributed by atoms with E-state index in [1.807, 2.05) is 26.0 Å². The predicted molar refractivity (Wildman–Crippen MR) is 78.6 cm³/mol. The van der Waals surface area contributed by atoms with Crippen LogP contribution in [0.4, 0.5) is 0 Å². The minimum absolute atomic E-state index is 0.0226. The third-order valence-corrected chi connectivity index (χ3v) is 3.48. The maximum absolute atomic E-state index is 8.89. The standard InChI is InChI=1S/C14H14N6O/c1-8-5-11-12(6-9(8)2)20(7-16-11)14-10(13(15)19-21)3-4-17-18-14/h3-7,21H,1-2H3,(H2,15,19). The van der Waals surface area contributed by atoms with Gasteiger partial charge in [-0.05, 0) is 43.2 Å². The number of aryl methyl sites for hydroxylation is 2. The van der Waals surface area contributed by atoms with Crippen LogP contribution in [0.25, 0.3) is 16.9 Å². The van der Waals surface area contributed by atoms with E-state index in [0.29, 0.717) is 11.4 Å². The number of oxime groups is 1. The molecule has 0 saturated heterocycles. The fraction of sp³-hybridized carbons (Fsp3) is 0.143. The predicted octanol–water partition coefficient (Wildman–Crippen LogP) is 1.53. The molecule has 0 spiro atoms. The number of benzene rings is 1. The van der Waals surface area contributed by atoms with E-state index >= 15 is 0 Å². The van der Waals surface area contributed by atoms with E-state index in [-0.39, 0.29) is 5.84 Å². The van der Waals surface area contributed by atoms with Gasteiger partial charge in [-0.15, -0.1) is 5.10 Å². The van der Waals surface area contributed by atoms with Gasteiger partial charge in [0, 0.05) is 0 Å². The lowest BCUT2D eigenvalue weighted by atomic mass is 10.1. The van der Waals surface area contributed by atoms with Crippen molar-refractivity contribution in [2.75, 3.05) is 0 Å². The number of amidine groups is 1. The second kappa shape index (κ2) is 4.86. The molecule has 0 bridgehead atoms. The molecule has 0 fully saturated rings. The Bertz CT molecular complexity index is 852. The largest absolute Gasteiger partial charge is 0.409 e. The molecule has 0 aliphatic heterocycles. The Hall–Kier alpha value is -2.96.